The maximum Gasteiger partial charge on any atom is 0.0726 e. The third kappa shape index (κ3) is 5.70. The van der Waals surface area contributed by atoms with E-state index in [2.05, 4.69) is 301 Å². The lowest BCUT2D eigenvalue weighted by molar-refractivity contribution is 0.794. The molecule has 2 nitrogen and oxygen atoms in total. The second kappa shape index (κ2) is 16.4. The predicted molar refractivity (Wildman–Crippen MR) is 314 cm³/mol. The number of anilines is 6. The van der Waals surface area contributed by atoms with Gasteiger partial charge in [0.25, 0.3) is 0 Å². The lowest BCUT2D eigenvalue weighted by atomic mass is 9.70. The second-order valence-corrected chi connectivity index (χ2v) is 20.6. The van der Waals surface area contributed by atoms with E-state index in [0.717, 1.165) is 45.3 Å². The number of nitrogens with zero attached hydrogens (tertiary/aromatic N) is 2. The molecule has 0 atom stereocenters. The van der Waals surface area contributed by atoms with Crippen molar-refractivity contribution in [3.63, 3.8) is 0 Å². The molecule has 0 aromatic heterocycles. The fraction of sp³-hybridized carbons (Fsp3) is 0.0270. The summed E-state index contributed by atoms with van der Waals surface area (Å²) in [5.41, 5.74) is 29.3. The first-order valence-corrected chi connectivity index (χ1v) is 26.5. The van der Waals surface area contributed by atoms with E-state index in [-0.39, 0.29) is 0 Å². The van der Waals surface area contributed by atoms with Crippen LogP contribution in [-0.4, -0.2) is 0 Å². The molecule has 16 rings (SSSR count). The fourth-order valence-corrected chi connectivity index (χ4v) is 14.2. The van der Waals surface area contributed by atoms with Crippen molar-refractivity contribution in [1.29, 1.82) is 0 Å². The van der Waals surface area contributed by atoms with Crippen molar-refractivity contribution in [3.8, 4) is 55.6 Å². The van der Waals surface area contributed by atoms with Gasteiger partial charge in [0, 0.05) is 33.9 Å². The summed E-state index contributed by atoms with van der Waals surface area (Å²) in [6.45, 7) is 0. The molecule has 76 heavy (non-hydrogen) atoms. The minimum absolute atomic E-state index is 0.425. The summed E-state index contributed by atoms with van der Waals surface area (Å²) in [5, 5.41) is 0. The SMILES string of the molecule is c1ccc(N(c2ccc(-c3ccc(N(c4ccccc4)c4cccc5c4-c4ccccc4C54c5ccccc5-c5ccccc54)cc3)cc2)c2cccc3c2-c2ccccc2C32c3ccccc3-c3ccccc32)cc1. The number of hydrogen-bond donors (Lipinski definition) is 0. The molecule has 0 radical (unpaired) electrons. The van der Waals surface area contributed by atoms with Crippen LogP contribution in [0.15, 0.2) is 291 Å². The van der Waals surface area contributed by atoms with E-state index in [1.807, 2.05) is 0 Å². The molecule has 2 spiro atoms. The van der Waals surface area contributed by atoms with E-state index in [1.54, 1.807) is 0 Å². The zero-order chi connectivity index (χ0) is 50.0. The van der Waals surface area contributed by atoms with Gasteiger partial charge in [-0.05, 0) is 150 Å². The van der Waals surface area contributed by atoms with Crippen molar-refractivity contribution in [2.24, 2.45) is 0 Å². The molecule has 0 aliphatic heterocycles. The number of benzene rings is 12. The average Bonchev–Trinajstić information content (AvgIpc) is 4.38. The Balaban J connectivity index is 0.804. The van der Waals surface area contributed by atoms with Crippen molar-refractivity contribution < 1.29 is 0 Å². The standard InChI is InChI=1S/C74H48N2/c1-3-21-51(22-4-1)75(69-39-19-37-67-71(69)59-29-11-17-35-65(59)73(67)61-31-13-7-25-55(61)56-26-8-14-32-62(56)73)53-45-41-49(42-46-53)50-43-47-54(48-44-50)76(52-23-5-2-6-24-52)70-40-20-38-68-72(70)60-30-12-18-36-66(60)74(68)63-33-15-9-27-57(63)58-28-10-16-34-64(58)74/h1-48H. The van der Waals surface area contributed by atoms with Gasteiger partial charge in [-0.1, -0.05) is 231 Å². The Labute approximate surface area is 443 Å². The van der Waals surface area contributed by atoms with Crippen LogP contribution in [0.1, 0.15) is 44.5 Å². The molecular weight excluding hydrogens is 917 g/mol. The summed E-state index contributed by atoms with van der Waals surface area (Å²) >= 11 is 0. The Morgan fingerprint density at radius 2 is 0.434 bits per heavy atom. The molecule has 12 aromatic carbocycles. The van der Waals surface area contributed by atoms with Gasteiger partial charge in [0.05, 0.1) is 22.2 Å². The Bertz CT molecular complexity index is 3920. The minimum Gasteiger partial charge on any atom is -0.310 e. The Morgan fingerprint density at radius 3 is 0.763 bits per heavy atom. The van der Waals surface area contributed by atoms with Crippen molar-refractivity contribution >= 4 is 34.1 Å². The summed E-state index contributed by atoms with van der Waals surface area (Å²) < 4.78 is 0. The maximum atomic E-state index is 2.45. The van der Waals surface area contributed by atoms with Crippen molar-refractivity contribution in [1.82, 2.24) is 0 Å². The number of hydrogen-bond acceptors (Lipinski definition) is 2. The van der Waals surface area contributed by atoms with E-state index < -0.39 is 10.8 Å². The molecule has 0 heterocycles. The van der Waals surface area contributed by atoms with E-state index in [9.17, 15) is 0 Å². The zero-order valence-electron chi connectivity index (χ0n) is 41.6. The summed E-state index contributed by atoms with van der Waals surface area (Å²) in [6.07, 6.45) is 0. The van der Waals surface area contributed by atoms with Gasteiger partial charge in [0.15, 0.2) is 0 Å². The smallest absolute Gasteiger partial charge is 0.0726 e. The summed E-state index contributed by atoms with van der Waals surface area (Å²) in [6, 6.07) is 108. The van der Waals surface area contributed by atoms with Crippen LogP contribution in [0.4, 0.5) is 34.1 Å². The Hall–Kier alpha value is -9.76. The monoisotopic (exact) mass is 964 g/mol. The summed E-state index contributed by atoms with van der Waals surface area (Å²) in [4.78, 5) is 4.91. The van der Waals surface area contributed by atoms with Gasteiger partial charge < -0.3 is 9.80 Å². The lowest BCUT2D eigenvalue weighted by Crippen LogP contribution is -2.26. The highest BCUT2D eigenvalue weighted by Crippen LogP contribution is 2.66. The molecule has 4 aliphatic rings. The lowest BCUT2D eigenvalue weighted by Gasteiger charge is -2.32. The van der Waals surface area contributed by atoms with Crippen molar-refractivity contribution in [2.45, 2.75) is 10.8 Å². The van der Waals surface area contributed by atoms with Crippen LogP contribution in [0, 0.1) is 0 Å². The van der Waals surface area contributed by atoms with E-state index in [4.69, 9.17) is 0 Å². The number of rotatable bonds is 7. The molecule has 0 N–H and O–H groups in total. The van der Waals surface area contributed by atoms with Crippen LogP contribution in [0.25, 0.3) is 55.6 Å². The van der Waals surface area contributed by atoms with Gasteiger partial charge in [-0.15, -0.1) is 0 Å². The molecule has 2 heteroatoms. The molecule has 354 valence electrons. The van der Waals surface area contributed by atoms with Gasteiger partial charge in [-0.3, -0.25) is 0 Å². The molecule has 0 bridgehead atoms. The van der Waals surface area contributed by atoms with Crippen LogP contribution < -0.4 is 9.80 Å². The van der Waals surface area contributed by atoms with E-state index in [0.29, 0.717) is 0 Å². The number of para-hydroxylation sites is 2. The molecular formula is C74H48N2. The van der Waals surface area contributed by atoms with Crippen LogP contribution in [0.3, 0.4) is 0 Å². The molecule has 0 unspecified atom stereocenters. The molecule has 4 aliphatic carbocycles. The molecule has 12 aromatic rings. The van der Waals surface area contributed by atoms with Crippen molar-refractivity contribution in [2.75, 3.05) is 9.80 Å². The maximum absolute atomic E-state index is 2.45. The van der Waals surface area contributed by atoms with Gasteiger partial charge in [-0.25, -0.2) is 0 Å². The molecule has 0 fully saturated rings. The normalized spacial score (nSPS) is 13.7. The third-order valence-corrected chi connectivity index (χ3v) is 17.1. The van der Waals surface area contributed by atoms with Crippen LogP contribution >= 0.6 is 0 Å². The highest BCUT2D eigenvalue weighted by molar-refractivity contribution is 6.03. The fourth-order valence-electron chi connectivity index (χ4n) is 14.2. The van der Waals surface area contributed by atoms with Crippen LogP contribution in [-0.2, 0) is 10.8 Å². The zero-order valence-corrected chi connectivity index (χ0v) is 41.6. The van der Waals surface area contributed by atoms with Gasteiger partial charge in [0.1, 0.15) is 0 Å². The third-order valence-electron chi connectivity index (χ3n) is 17.1. The highest BCUT2D eigenvalue weighted by atomic mass is 15.2. The second-order valence-electron chi connectivity index (χ2n) is 20.6. The largest absolute Gasteiger partial charge is 0.310 e. The van der Waals surface area contributed by atoms with Gasteiger partial charge in [-0.2, -0.15) is 0 Å². The van der Waals surface area contributed by atoms with Crippen molar-refractivity contribution in [3.05, 3.63) is 336 Å². The van der Waals surface area contributed by atoms with Crippen LogP contribution in [0.5, 0.6) is 0 Å². The summed E-state index contributed by atoms with van der Waals surface area (Å²) in [7, 11) is 0. The first-order valence-electron chi connectivity index (χ1n) is 26.5. The van der Waals surface area contributed by atoms with E-state index in [1.165, 1.54) is 89.0 Å². The topological polar surface area (TPSA) is 6.48 Å². The highest BCUT2D eigenvalue weighted by Gasteiger charge is 2.54. The number of fused-ring (bicyclic) bond motifs is 20. The quantitative estimate of drug-likeness (QED) is 0.157. The predicted octanol–water partition coefficient (Wildman–Crippen LogP) is 19.0. The first kappa shape index (κ1) is 42.7. The van der Waals surface area contributed by atoms with E-state index >= 15 is 0 Å². The Kier molecular flexibility index (Phi) is 9.20. The Morgan fingerprint density at radius 1 is 0.184 bits per heavy atom. The average molecular weight is 965 g/mol. The van der Waals surface area contributed by atoms with Gasteiger partial charge in [0.2, 0.25) is 0 Å². The first-order chi connectivity index (χ1) is 37.7. The molecule has 0 amide bonds. The minimum atomic E-state index is -0.425. The molecule has 0 saturated heterocycles. The molecule has 0 saturated carbocycles. The van der Waals surface area contributed by atoms with Crippen LogP contribution in [0.2, 0.25) is 0 Å². The summed E-state index contributed by atoms with van der Waals surface area (Å²) in [5.74, 6) is 0. The van der Waals surface area contributed by atoms with Gasteiger partial charge >= 0.3 is 0 Å².